The highest BCUT2D eigenvalue weighted by Gasteiger charge is 2.24. The number of hydrogen-bond donors (Lipinski definition) is 0. The first-order chi connectivity index (χ1) is 15.6. The first-order valence-corrected chi connectivity index (χ1v) is 10.5. The number of rotatable bonds is 5. The highest BCUT2D eigenvalue weighted by Crippen LogP contribution is 2.28. The molecule has 1 aromatic heterocycles. The average molecular weight is 448 g/mol. The van der Waals surface area contributed by atoms with E-state index in [-0.39, 0.29) is 23.7 Å². The van der Waals surface area contributed by atoms with Crippen molar-refractivity contribution in [3.05, 3.63) is 93.8 Å². The van der Waals surface area contributed by atoms with Crippen molar-refractivity contribution < 1.29 is 18.7 Å². The van der Waals surface area contributed by atoms with Crippen LogP contribution >= 0.6 is 11.6 Å². The van der Waals surface area contributed by atoms with Crippen molar-refractivity contribution in [2.45, 2.75) is 6.42 Å². The molecule has 6 nitrogen and oxygen atoms in total. The van der Waals surface area contributed by atoms with Crippen molar-refractivity contribution in [3.8, 4) is 17.2 Å². The summed E-state index contributed by atoms with van der Waals surface area (Å²) in [7, 11) is 0. The number of nitrogens with zero attached hydrogens (tertiary/aromatic N) is 1. The predicted octanol–water partition coefficient (Wildman–Crippen LogP) is 5.21. The number of benzene rings is 3. The van der Waals surface area contributed by atoms with Crippen molar-refractivity contribution in [2.24, 2.45) is 0 Å². The van der Waals surface area contributed by atoms with Gasteiger partial charge in [0.15, 0.2) is 6.61 Å². The maximum Gasteiger partial charge on any atom is 0.264 e. The highest BCUT2D eigenvalue weighted by atomic mass is 35.5. The van der Waals surface area contributed by atoms with E-state index in [4.69, 9.17) is 25.5 Å². The molecule has 1 amide bonds. The molecular formula is C25H18ClNO5. The van der Waals surface area contributed by atoms with Gasteiger partial charge in [-0.25, -0.2) is 0 Å². The van der Waals surface area contributed by atoms with Crippen molar-refractivity contribution in [1.29, 1.82) is 0 Å². The summed E-state index contributed by atoms with van der Waals surface area (Å²) in [6.45, 7) is 0.534. The van der Waals surface area contributed by atoms with E-state index in [0.717, 1.165) is 17.7 Å². The monoisotopic (exact) mass is 447 g/mol. The van der Waals surface area contributed by atoms with Crippen LogP contribution in [0.2, 0.25) is 5.02 Å². The second kappa shape index (κ2) is 8.40. The molecule has 1 aliphatic rings. The lowest BCUT2D eigenvalue weighted by atomic mass is 10.2. The Hall–Kier alpha value is -3.77. The van der Waals surface area contributed by atoms with E-state index in [1.165, 1.54) is 6.26 Å². The fourth-order valence-electron chi connectivity index (χ4n) is 3.70. The topological polar surface area (TPSA) is 69.0 Å². The normalized spacial score (nSPS) is 12.6. The number of carbonyl (C=O) groups is 1. The number of ether oxygens (including phenoxy) is 2. The number of carbonyl (C=O) groups excluding carboxylic acids is 1. The molecule has 0 atom stereocenters. The number of para-hydroxylation sites is 1. The molecule has 0 fully saturated rings. The summed E-state index contributed by atoms with van der Waals surface area (Å²) in [6.07, 6.45) is 2.10. The molecule has 3 aromatic carbocycles. The Labute approximate surface area is 188 Å². The van der Waals surface area contributed by atoms with E-state index in [1.54, 1.807) is 47.4 Å². The van der Waals surface area contributed by atoms with E-state index < -0.39 is 0 Å². The Balaban J connectivity index is 1.30. The molecular weight excluding hydrogens is 430 g/mol. The number of anilines is 1. The molecule has 0 N–H and O–H groups in total. The molecule has 0 radical (unpaired) electrons. The summed E-state index contributed by atoms with van der Waals surface area (Å²) in [4.78, 5) is 27.1. The van der Waals surface area contributed by atoms with Crippen LogP contribution in [-0.4, -0.2) is 19.1 Å². The number of halogens is 1. The zero-order valence-corrected chi connectivity index (χ0v) is 17.7. The summed E-state index contributed by atoms with van der Waals surface area (Å²) in [5.41, 5.74) is 2.12. The summed E-state index contributed by atoms with van der Waals surface area (Å²) in [5.74, 6) is 0.857. The van der Waals surface area contributed by atoms with E-state index in [9.17, 15) is 9.59 Å². The second-order valence-electron chi connectivity index (χ2n) is 7.36. The van der Waals surface area contributed by atoms with Gasteiger partial charge in [-0.15, -0.1) is 0 Å². The smallest absolute Gasteiger partial charge is 0.264 e. The zero-order chi connectivity index (χ0) is 22.1. The van der Waals surface area contributed by atoms with Gasteiger partial charge in [0, 0.05) is 23.3 Å². The molecule has 7 heteroatoms. The van der Waals surface area contributed by atoms with Crippen molar-refractivity contribution in [1.82, 2.24) is 0 Å². The SMILES string of the molecule is O=C(COc1ccc2c(=O)c(Oc3ccc(Cl)cc3)coc2c1)N1CCc2ccccc21. The summed E-state index contributed by atoms with van der Waals surface area (Å²) in [6, 6.07) is 19.4. The highest BCUT2D eigenvalue weighted by molar-refractivity contribution is 6.30. The summed E-state index contributed by atoms with van der Waals surface area (Å²) < 4.78 is 16.9. The number of amides is 1. The summed E-state index contributed by atoms with van der Waals surface area (Å²) in [5, 5.41) is 0.923. The predicted molar refractivity (Wildman–Crippen MR) is 122 cm³/mol. The molecule has 0 spiro atoms. The Morgan fingerprint density at radius 3 is 2.66 bits per heavy atom. The van der Waals surface area contributed by atoms with Gasteiger partial charge in [0.2, 0.25) is 11.2 Å². The zero-order valence-electron chi connectivity index (χ0n) is 16.9. The van der Waals surface area contributed by atoms with Gasteiger partial charge in [0.25, 0.3) is 5.91 Å². The van der Waals surface area contributed by atoms with Gasteiger partial charge in [-0.1, -0.05) is 29.8 Å². The first kappa shape index (κ1) is 20.2. The molecule has 32 heavy (non-hydrogen) atoms. The van der Waals surface area contributed by atoms with E-state index in [0.29, 0.717) is 34.0 Å². The molecule has 2 heterocycles. The Morgan fingerprint density at radius 1 is 1.03 bits per heavy atom. The van der Waals surface area contributed by atoms with Crippen LogP contribution in [0.3, 0.4) is 0 Å². The maximum atomic E-state index is 12.8. The third kappa shape index (κ3) is 3.92. The molecule has 5 rings (SSSR count). The molecule has 0 unspecified atom stereocenters. The second-order valence-corrected chi connectivity index (χ2v) is 7.79. The van der Waals surface area contributed by atoms with Crippen LogP contribution in [0, 0.1) is 0 Å². The Bertz CT molecular complexity index is 1360. The fraction of sp³-hybridized carbons (Fsp3) is 0.120. The van der Waals surface area contributed by atoms with Gasteiger partial charge in [-0.05, 0) is 54.4 Å². The van der Waals surface area contributed by atoms with E-state index in [2.05, 4.69) is 0 Å². The Kier molecular flexibility index (Phi) is 5.29. The number of fused-ring (bicyclic) bond motifs is 2. The summed E-state index contributed by atoms with van der Waals surface area (Å²) >= 11 is 5.87. The van der Waals surface area contributed by atoms with Gasteiger partial charge in [0.1, 0.15) is 23.3 Å². The average Bonchev–Trinajstić information content (AvgIpc) is 3.25. The minimum atomic E-state index is -0.308. The molecule has 160 valence electrons. The van der Waals surface area contributed by atoms with Crippen LogP contribution in [0.5, 0.6) is 17.2 Å². The third-order valence-electron chi connectivity index (χ3n) is 5.31. The van der Waals surface area contributed by atoms with E-state index >= 15 is 0 Å². The van der Waals surface area contributed by atoms with Crippen LogP contribution < -0.4 is 19.8 Å². The van der Waals surface area contributed by atoms with Gasteiger partial charge in [-0.3, -0.25) is 9.59 Å². The lowest BCUT2D eigenvalue weighted by Gasteiger charge is -2.17. The first-order valence-electron chi connectivity index (χ1n) is 10.1. The molecule has 0 saturated heterocycles. The fourth-order valence-corrected chi connectivity index (χ4v) is 3.83. The lowest BCUT2D eigenvalue weighted by molar-refractivity contribution is -0.120. The third-order valence-corrected chi connectivity index (χ3v) is 5.56. The number of hydrogen-bond acceptors (Lipinski definition) is 5. The minimum Gasteiger partial charge on any atom is -0.484 e. The molecule has 4 aromatic rings. The maximum absolute atomic E-state index is 12.8. The van der Waals surface area contributed by atoms with Gasteiger partial charge in [0.05, 0.1) is 5.39 Å². The van der Waals surface area contributed by atoms with E-state index in [1.807, 2.05) is 24.3 Å². The molecule has 0 bridgehead atoms. The molecule has 0 saturated carbocycles. The van der Waals surface area contributed by atoms with Crippen LogP contribution in [0.15, 0.2) is 82.2 Å². The van der Waals surface area contributed by atoms with Crippen molar-refractivity contribution in [3.63, 3.8) is 0 Å². The standard InChI is InChI=1S/C25H18ClNO5/c26-17-5-7-18(8-6-17)32-23-14-31-22-13-19(9-10-20(22)25(23)29)30-15-24(28)27-12-11-16-3-1-2-4-21(16)27/h1-10,13-14H,11-12,15H2. The largest absolute Gasteiger partial charge is 0.484 e. The molecule has 1 aliphatic heterocycles. The van der Waals surface area contributed by atoms with Crippen LogP contribution in [0.25, 0.3) is 11.0 Å². The van der Waals surface area contributed by atoms with Crippen LogP contribution in [-0.2, 0) is 11.2 Å². The van der Waals surface area contributed by atoms with Gasteiger partial charge >= 0.3 is 0 Å². The molecule has 0 aliphatic carbocycles. The van der Waals surface area contributed by atoms with Crippen molar-refractivity contribution >= 4 is 34.2 Å². The van der Waals surface area contributed by atoms with Crippen LogP contribution in [0.1, 0.15) is 5.56 Å². The Morgan fingerprint density at radius 2 is 1.81 bits per heavy atom. The minimum absolute atomic E-state index is 0.0661. The van der Waals surface area contributed by atoms with Crippen LogP contribution in [0.4, 0.5) is 5.69 Å². The van der Waals surface area contributed by atoms with Gasteiger partial charge in [-0.2, -0.15) is 0 Å². The lowest BCUT2D eigenvalue weighted by Crippen LogP contribution is -2.33. The quantitative estimate of drug-likeness (QED) is 0.420. The van der Waals surface area contributed by atoms with Gasteiger partial charge < -0.3 is 18.8 Å². The van der Waals surface area contributed by atoms with Crippen molar-refractivity contribution in [2.75, 3.05) is 18.1 Å².